The summed E-state index contributed by atoms with van der Waals surface area (Å²) in [5.74, 6) is 1.67. The van der Waals surface area contributed by atoms with Gasteiger partial charge in [-0.3, -0.25) is 4.99 Å². The molecule has 3 rings (SSSR count). The predicted molar refractivity (Wildman–Crippen MR) is 121 cm³/mol. The SMILES string of the molecule is CN=C(NC1CC1c1ccccc1C)N1CCC(OCCCOC)CC1.I. The van der Waals surface area contributed by atoms with Crippen molar-refractivity contribution in [2.45, 2.75) is 50.7 Å². The van der Waals surface area contributed by atoms with Gasteiger partial charge in [0, 0.05) is 52.4 Å². The Labute approximate surface area is 180 Å². The molecular formula is C21H34IN3O2. The van der Waals surface area contributed by atoms with Crippen LogP contribution in [0.5, 0.6) is 0 Å². The molecule has 152 valence electrons. The van der Waals surface area contributed by atoms with Crippen LogP contribution in [0.4, 0.5) is 0 Å². The van der Waals surface area contributed by atoms with E-state index in [1.807, 2.05) is 7.05 Å². The van der Waals surface area contributed by atoms with Crippen molar-refractivity contribution in [1.29, 1.82) is 0 Å². The maximum absolute atomic E-state index is 5.96. The lowest BCUT2D eigenvalue weighted by molar-refractivity contribution is 0.00989. The van der Waals surface area contributed by atoms with E-state index in [0.29, 0.717) is 18.1 Å². The first kappa shape index (κ1) is 22.4. The Bertz CT molecular complexity index is 603. The van der Waals surface area contributed by atoms with E-state index in [0.717, 1.165) is 51.5 Å². The lowest BCUT2D eigenvalue weighted by Gasteiger charge is -2.34. The van der Waals surface area contributed by atoms with Gasteiger partial charge in [-0.1, -0.05) is 24.3 Å². The Morgan fingerprint density at radius 2 is 1.96 bits per heavy atom. The first-order chi connectivity index (χ1) is 12.7. The summed E-state index contributed by atoms with van der Waals surface area (Å²) in [4.78, 5) is 6.91. The molecule has 0 bridgehead atoms. The summed E-state index contributed by atoms with van der Waals surface area (Å²) in [6.45, 7) is 5.80. The third-order valence-electron chi connectivity index (χ3n) is 5.49. The number of ether oxygens (including phenoxy) is 2. The number of benzene rings is 1. The van der Waals surface area contributed by atoms with Crippen LogP contribution >= 0.6 is 24.0 Å². The minimum Gasteiger partial charge on any atom is -0.385 e. The molecule has 1 aliphatic carbocycles. The van der Waals surface area contributed by atoms with Gasteiger partial charge in [0.25, 0.3) is 0 Å². The van der Waals surface area contributed by atoms with Gasteiger partial charge >= 0.3 is 0 Å². The summed E-state index contributed by atoms with van der Waals surface area (Å²) >= 11 is 0. The Kier molecular flexibility index (Phi) is 9.32. The number of guanidine groups is 1. The van der Waals surface area contributed by atoms with Crippen LogP contribution in [-0.4, -0.2) is 63.5 Å². The Morgan fingerprint density at radius 3 is 2.63 bits per heavy atom. The zero-order valence-corrected chi connectivity index (χ0v) is 19.1. The molecule has 2 fully saturated rings. The van der Waals surface area contributed by atoms with Crippen molar-refractivity contribution in [3.05, 3.63) is 35.4 Å². The van der Waals surface area contributed by atoms with Gasteiger partial charge in [0.2, 0.25) is 0 Å². The second-order valence-electron chi connectivity index (χ2n) is 7.40. The van der Waals surface area contributed by atoms with Crippen LogP contribution in [0, 0.1) is 6.92 Å². The van der Waals surface area contributed by atoms with Gasteiger partial charge in [-0.15, -0.1) is 24.0 Å². The first-order valence-electron chi connectivity index (χ1n) is 9.87. The average Bonchev–Trinajstić information content (AvgIpc) is 3.43. The number of aryl methyl sites for hydroxylation is 1. The summed E-state index contributed by atoms with van der Waals surface area (Å²) in [5, 5.41) is 3.68. The zero-order valence-electron chi connectivity index (χ0n) is 16.8. The number of hydrogen-bond donors (Lipinski definition) is 1. The number of nitrogens with one attached hydrogen (secondary N) is 1. The largest absolute Gasteiger partial charge is 0.385 e. The molecule has 2 unspecified atom stereocenters. The molecule has 27 heavy (non-hydrogen) atoms. The number of nitrogens with zero attached hydrogens (tertiary/aromatic N) is 2. The second kappa shape index (κ2) is 11.2. The van der Waals surface area contributed by atoms with Crippen molar-refractivity contribution < 1.29 is 9.47 Å². The lowest BCUT2D eigenvalue weighted by atomic mass is 10.0. The van der Waals surface area contributed by atoms with E-state index in [9.17, 15) is 0 Å². The van der Waals surface area contributed by atoms with Crippen molar-refractivity contribution in [2.75, 3.05) is 40.5 Å². The average molecular weight is 487 g/mol. The topological polar surface area (TPSA) is 46.1 Å². The molecule has 1 heterocycles. The highest BCUT2D eigenvalue weighted by molar-refractivity contribution is 14.0. The van der Waals surface area contributed by atoms with E-state index in [4.69, 9.17) is 9.47 Å². The summed E-state index contributed by atoms with van der Waals surface area (Å²) in [6, 6.07) is 9.24. The van der Waals surface area contributed by atoms with Gasteiger partial charge in [-0.05, 0) is 43.7 Å². The highest BCUT2D eigenvalue weighted by Crippen LogP contribution is 2.42. The fourth-order valence-electron chi connectivity index (χ4n) is 3.85. The highest BCUT2D eigenvalue weighted by atomic mass is 127. The fourth-order valence-corrected chi connectivity index (χ4v) is 3.85. The third kappa shape index (κ3) is 6.32. The molecule has 1 saturated heterocycles. The number of methoxy groups -OCH3 is 1. The van der Waals surface area contributed by atoms with Crippen molar-refractivity contribution in [2.24, 2.45) is 4.99 Å². The number of rotatable bonds is 7. The lowest BCUT2D eigenvalue weighted by Crippen LogP contribution is -2.47. The Hall–Kier alpha value is -0.860. The maximum Gasteiger partial charge on any atom is 0.193 e. The summed E-state index contributed by atoms with van der Waals surface area (Å²) < 4.78 is 11.0. The van der Waals surface area contributed by atoms with Crippen LogP contribution in [0.25, 0.3) is 0 Å². The molecular weight excluding hydrogens is 453 g/mol. The molecule has 2 aliphatic rings. The molecule has 0 amide bonds. The molecule has 1 saturated carbocycles. The van der Waals surface area contributed by atoms with E-state index in [1.165, 1.54) is 17.5 Å². The van der Waals surface area contributed by atoms with Crippen LogP contribution in [0.2, 0.25) is 0 Å². The summed E-state index contributed by atoms with van der Waals surface area (Å²) in [7, 11) is 3.63. The smallest absolute Gasteiger partial charge is 0.193 e. The van der Waals surface area contributed by atoms with Gasteiger partial charge in [0.1, 0.15) is 0 Å². The number of halogens is 1. The minimum absolute atomic E-state index is 0. The van der Waals surface area contributed by atoms with E-state index in [-0.39, 0.29) is 24.0 Å². The quantitative estimate of drug-likeness (QED) is 0.277. The van der Waals surface area contributed by atoms with Gasteiger partial charge in [-0.25, -0.2) is 0 Å². The summed E-state index contributed by atoms with van der Waals surface area (Å²) in [6.07, 6.45) is 4.69. The van der Waals surface area contributed by atoms with Crippen LogP contribution in [0.3, 0.4) is 0 Å². The number of likely N-dealkylation sites (tertiary alicyclic amines) is 1. The molecule has 1 aliphatic heterocycles. The van der Waals surface area contributed by atoms with Crippen molar-refractivity contribution in [1.82, 2.24) is 10.2 Å². The monoisotopic (exact) mass is 487 g/mol. The third-order valence-corrected chi connectivity index (χ3v) is 5.49. The Morgan fingerprint density at radius 1 is 1.22 bits per heavy atom. The Balaban J connectivity index is 0.00000261. The molecule has 1 aromatic carbocycles. The van der Waals surface area contributed by atoms with Crippen molar-refractivity contribution >= 4 is 29.9 Å². The van der Waals surface area contributed by atoms with E-state index < -0.39 is 0 Å². The molecule has 0 aromatic heterocycles. The summed E-state index contributed by atoms with van der Waals surface area (Å²) in [5.41, 5.74) is 2.87. The molecule has 1 aromatic rings. The number of piperidine rings is 1. The molecule has 5 nitrogen and oxygen atoms in total. The van der Waals surface area contributed by atoms with E-state index >= 15 is 0 Å². The zero-order chi connectivity index (χ0) is 18.4. The van der Waals surface area contributed by atoms with Gasteiger partial charge in [0.05, 0.1) is 6.10 Å². The van der Waals surface area contributed by atoms with E-state index in [2.05, 4.69) is 46.4 Å². The van der Waals surface area contributed by atoms with Crippen LogP contribution in [-0.2, 0) is 9.47 Å². The van der Waals surface area contributed by atoms with E-state index in [1.54, 1.807) is 7.11 Å². The van der Waals surface area contributed by atoms with Crippen molar-refractivity contribution in [3.63, 3.8) is 0 Å². The molecule has 0 radical (unpaired) electrons. The van der Waals surface area contributed by atoms with Crippen molar-refractivity contribution in [3.8, 4) is 0 Å². The number of aliphatic imine (C=N–C) groups is 1. The van der Waals surface area contributed by atoms with Crippen LogP contribution < -0.4 is 5.32 Å². The first-order valence-corrected chi connectivity index (χ1v) is 9.87. The normalized spacial score (nSPS) is 23.1. The van der Waals surface area contributed by atoms with Gasteiger partial charge in [0.15, 0.2) is 5.96 Å². The van der Waals surface area contributed by atoms with Crippen LogP contribution in [0.1, 0.15) is 42.7 Å². The predicted octanol–water partition coefficient (Wildman–Crippen LogP) is 3.56. The highest BCUT2D eigenvalue weighted by Gasteiger charge is 2.40. The number of hydrogen-bond acceptors (Lipinski definition) is 3. The van der Waals surface area contributed by atoms with Gasteiger partial charge in [-0.2, -0.15) is 0 Å². The molecule has 2 atom stereocenters. The molecule has 0 spiro atoms. The standard InChI is InChI=1S/C21H33N3O2.HI/c1-16-7-4-5-8-18(16)19-15-20(19)23-21(22-2)24-11-9-17(10-12-24)26-14-6-13-25-3;/h4-5,7-8,17,19-20H,6,9-15H2,1-3H3,(H,22,23);1H. The van der Waals surface area contributed by atoms with Gasteiger partial charge < -0.3 is 19.7 Å². The molecule has 6 heteroatoms. The molecule has 1 N–H and O–H groups in total. The second-order valence-corrected chi connectivity index (χ2v) is 7.40. The minimum atomic E-state index is 0. The fraction of sp³-hybridized carbons (Fsp3) is 0.667. The van der Waals surface area contributed by atoms with Crippen LogP contribution in [0.15, 0.2) is 29.3 Å². The maximum atomic E-state index is 5.96.